The first-order valence-electron chi connectivity index (χ1n) is 22.8. The van der Waals surface area contributed by atoms with Crippen LogP contribution in [0.5, 0.6) is 11.5 Å². The Kier molecular flexibility index (Phi) is 9.17. The van der Waals surface area contributed by atoms with Crippen molar-refractivity contribution in [2.24, 2.45) is 5.92 Å². The van der Waals surface area contributed by atoms with Gasteiger partial charge in [-0.05, 0) is 110 Å². The van der Waals surface area contributed by atoms with Crippen LogP contribution in [0.1, 0.15) is 58.4 Å². The lowest BCUT2D eigenvalue weighted by Gasteiger charge is -2.39. The number of nitrogens with zero attached hydrogens (tertiary/aromatic N) is 1. The Bertz CT molecular complexity index is 3030. The Balaban J connectivity index is 1.19. The Morgan fingerprint density at radius 3 is 1.34 bits per heavy atom. The SMILES string of the molecule is C\C=C/C=C\C(=C1/C=CC=CC1C)N1c2cc3c(cc2Oc2cc4c(cc21)-c1ccccc1C4(c1ccccc1)c1ccccc1)C(c1ccccc1)(c1ccccc1)c1ccccc1-3. The second kappa shape index (κ2) is 15.4. The maximum absolute atomic E-state index is 7.54. The van der Waals surface area contributed by atoms with Crippen molar-refractivity contribution in [2.45, 2.75) is 24.7 Å². The molecule has 0 spiro atoms. The summed E-state index contributed by atoms with van der Waals surface area (Å²) in [7, 11) is 0. The molecule has 0 radical (unpaired) electrons. The van der Waals surface area contributed by atoms with E-state index in [4.69, 9.17) is 4.74 Å². The number of ether oxygens (including phenoxy) is 1. The van der Waals surface area contributed by atoms with Crippen LogP contribution in [-0.2, 0) is 10.8 Å². The van der Waals surface area contributed by atoms with Crippen LogP contribution < -0.4 is 9.64 Å². The van der Waals surface area contributed by atoms with Crippen molar-refractivity contribution >= 4 is 11.4 Å². The minimum Gasteiger partial charge on any atom is -0.453 e. The lowest BCUT2D eigenvalue weighted by atomic mass is 9.67. The highest BCUT2D eigenvalue weighted by Crippen LogP contribution is 2.63. The average molecular weight is 834 g/mol. The molecule has 0 N–H and O–H groups in total. The van der Waals surface area contributed by atoms with E-state index in [9.17, 15) is 0 Å². The molecule has 2 heteroatoms. The Hall–Kier alpha value is -7.94. The van der Waals surface area contributed by atoms with Gasteiger partial charge in [-0.1, -0.05) is 219 Å². The van der Waals surface area contributed by atoms with Crippen molar-refractivity contribution in [1.29, 1.82) is 0 Å². The minimum absolute atomic E-state index is 0.179. The molecule has 65 heavy (non-hydrogen) atoms. The Morgan fingerprint density at radius 2 is 0.908 bits per heavy atom. The summed E-state index contributed by atoms with van der Waals surface area (Å²) >= 11 is 0. The highest BCUT2D eigenvalue weighted by Gasteiger charge is 2.50. The fourth-order valence-corrected chi connectivity index (χ4v) is 11.5. The molecule has 0 aromatic heterocycles. The third-order valence-corrected chi connectivity index (χ3v) is 14.1. The largest absolute Gasteiger partial charge is 0.453 e. The second-order valence-electron chi connectivity index (χ2n) is 17.5. The van der Waals surface area contributed by atoms with Gasteiger partial charge in [-0.15, -0.1) is 0 Å². The molecule has 8 aromatic rings. The summed E-state index contributed by atoms with van der Waals surface area (Å²) in [5.74, 6) is 1.82. The number of anilines is 2. The number of fused-ring (bicyclic) bond motifs is 8. The van der Waals surface area contributed by atoms with Gasteiger partial charge in [0.2, 0.25) is 0 Å². The summed E-state index contributed by atoms with van der Waals surface area (Å²) in [6.45, 7) is 4.36. The lowest BCUT2D eigenvalue weighted by Crippen LogP contribution is -2.29. The van der Waals surface area contributed by atoms with E-state index in [1.165, 1.54) is 72.3 Å². The van der Waals surface area contributed by atoms with Crippen LogP contribution in [0, 0.1) is 5.92 Å². The fraction of sp³-hybridized carbons (Fsp3) is 0.0794. The van der Waals surface area contributed by atoms with Crippen LogP contribution in [0.4, 0.5) is 11.4 Å². The zero-order chi connectivity index (χ0) is 43.5. The zero-order valence-electron chi connectivity index (χ0n) is 36.5. The van der Waals surface area contributed by atoms with Crippen molar-refractivity contribution in [3.63, 3.8) is 0 Å². The van der Waals surface area contributed by atoms with Crippen molar-refractivity contribution in [3.05, 3.63) is 299 Å². The molecule has 0 bridgehead atoms. The normalized spacial score (nSPS) is 17.5. The molecule has 1 atom stereocenters. The minimum atomic E-state index is -0.578. The molecule has 4 aliphatic rings. The van der Waals surface area contributed by atoms with Gasteiger partial charge in [0.1, 0.15) is 0 Å². The Labute approximate surface area is 382 Å². The van der Waals surface area contributed by atoms with Gasteiger partial charge in [0.15, 0.2) is 11.5 Å². The van der Waals surface area contributed by atoms with E-state index in [0.29, 0.717) is 0 Å². The first-order valence-corrected chi connectivity index (χ1v) is 22.8. The quantitative estimate of drug-likeness (QED) is 0.148. The van der Waals surface area contributed by atoms with Gasteiger partial charge in [-0.3, -0.25) is 0 Å². The standard InChI is InChI=1S/C63H47NO/c1-3-4-9-38-57(48-33-19-18-24-43(48)2)64-58-39-51-49-34-20-22-36-53(49)62(44-25-10-5-11-26-44,45-27-12-6-13-28-45)55(51)41-60(58)65-61-42-56-52(40-59(61)64)50-35-21-23-37-54(50)63(56,46-29-14-7-15-30-46)47-31-16-8-17-32-47/h3-43H,1-2H3/b4-3-,38-9-,57-48-. The molecule has 0 amide bonds. The molecule has 1 heterocycles. The number of hydrogen-bond donors (Lipinski definition) is 0. The molecule has 3 aliphatic carbocycles. The molecule has 0 saturated heterocycles. The predicted molar refractivity (Wildman–Crippen MR) is 268 cm³/mol. The van der Waals surface area contributed by atoms with Crippen LogP contribution in [0.25, 0.3) is 22.3 Å². The molecule has 1 unspecified atom stereocenters. The molecule has 0 fully saturated rings. The number of rotatable bonds is 7. The molecule has 2 nitrogen and oxygen atoms in total. The van der Waals surface area contributed by atoms with E-state index in [2.05, 4.69) is 261 Å². The van der Waals surface area contributed by atoms with Gasteiger partial charge < -0.3 is 9.64 Å². The summed E-state index contributed by atoms with van der Waals surface area (Å²) in [6.07, 6.45) is 17.6. The summed E-state index contributed by atoms with van der Waals surface area (Å²) in [5.41, 5.74) is 17.9. The van der Waals surface area contributed by atoms with Crippen LogP contribution >= 0.6 is 0 Å². The highest BCUT2D eigenvalue weighted by molar-refractivity contribution is 5.96. The molecule has 310 valence electrons. The maximum Gasteiger partial charge on any atom is 0.151 e. The molecule has 8 aromatic carbocycles. The molecule has 1 aliphatic heterocycles. The van der Waals surface area contributed by atoms with Crippen LogP contribution in [0.15, 0.2) is 254 Å². The van der Waals surface area contributed by atoms with E-state index in [1.54, 1.807) is 0 Å². The van der Waals surface area contributed by atoms with Gasteiger partial charge in [-0.25, -0.2) is 0 Å². The number of allylic oxidation sites excluding steroid dienone is 9. The second-order valence-corrected chi connectivity index (χ2v) is 17.5. The third kappa shape index (κ3) is 5.67. The van der Waals surface area contributed by atoms with Crippen LogP contribution in [0.3, 0.4) is 0 Å². The van der Waals surface area contributed by atoms with Gasteiger partial charge in [0.05, 0.1) is 27.9 Å². The van der Waals surface area contributed by atoms with E-state index in [0.717, 1.165) is 28.6 Å². The topological polar surface area (TPSA) is 12.5 Å². The number of benzene rings is 8. The van der Waals surface area contributed by atoms with Crippen LogP contribution in [0.2, 0.25) is 0 Å². The van der Waals surface area contributed by atoms with E-state index >= 15 is 0 Å². The van der Waals surface area contributed by atoms with E-state index in [1.807, 2.05) is 0 Å². The van der Waals surface area contributed by atoms with Gasteiger partial charge >= 0.3 is 0 Å². The van der Waals surface area contributed by atoms with E-state index in [-0.39, 0.29) is 5.92 Å². The van der Waals surface area contributed by atoms with Crippen molar-refractivity contribution in [1.82, 2.24) is 0 Å². The van der Waals surface area contributed by atoms with Crippen molar-refractivity contribution in [3.8, 4) is 33.8 Å². The fourth-order valence-electron chi connectivity index (χ4n) is 11.5. The highest BCUT2D eigenvalue weighted by atomic mass is 16.5. The predicted octanol–water partition coefficient (Wildman–Crippen LogP) is 15.8. The van der Waals surface area contributed by atoms with Gasteiger partial charge in [-0.2, -0.15) is 0 Å². The molecular weight excluding hydrogens is 787 g/mol. The third-order valence-electron chi connectivity index (χ3n) is 14.1. The average Bonchev–Trinajstić information content (AvgIpc) is 3.82. The first-order chi connectivity index (χ1) is 32.1. The van der Waals surface area contributed by atoms with Crippen molar-refractivity contribution < 1.29 is 4.74 Å². The summed E-state index contributed by atoms with van der Waals surface area (Å²) < 4.78 is 7.54. The zero-order valence-corrected chi connectivity index (χ0v) is 36.5. The van der Waals surface area contributed by atoms with E-state index < -0.39 is 10.8 Å². The lowest BCUT2D eigenvalue weighted by molar-refractivity contribution is 0.473. The first kappa shape index (κ1) is 38.7. The summed E-state index contributed by atoms with van der Waals surface area (Å²) in [5, 5.41) is 0. The monoisotopic (exact) mass is 833 g/mol. The number of hydrogen-bond acceptors (Lipinski definition) is 2. The van der Waals surface area contributed by atoms with Crippen LogP contribution in [-0.4, -0.2) is 0 Å². The summed E-state index contributed by atoms with van der Waals surface area (Å²) in [6, 6.07) is 71.6. The smallest absolute Gasteiger partial charge is 0.151 e. The molecular formula is C63H47NO. The molecule has 0 saturated carbocycles. The summed E-state index contributed by atoms with van der Waals surface area (Å²) in [4.78, 5) is 2.49. The van der Waals surface area contributed by atoms with Crippen molar-refractivity contribution in [2.75, 3.05) is 4.90 Å². The Morgan fingerprint density at radius 1 is 0.477 bits per heavy atom. The van der Waals surface area contributed by atoms with Gasteiger partial charge in [0.25, 0.3) is 0 Å². The van der Waals surface area contributed by atoms with Gasteiger partial charge in [0, 0.05) is 5.92 Å². The maximum atomic E-state index is 7.54. The molecule has 12 rings (SSSR count).